The molecule has 0 amide bonds. The summed E-state index contributed by atoms with van der Waals surface area (Å²) in [4.78, 5) is 0. The Labute approximate surface area is 91.7 Å². The van der Waals surface area contributed by atoms with Gasteiger partial charge in [-0.15, -0.1) is 0 Å². The van der Waals surface area contributed by atoms with Crippen molar-refractivity contribution in [2.75, 3.05) is 0 Å². The van der Waals surface area contributed by atoms with E-state index in [0.29, 0.717) is 5.69 Å². The van der Waals surface area contributed by atoms with Gasteiger partial charge in [-0.3, -0.25) is 0 Å². The summed E-state index contributed by atoms with van der Waals surface area (Å²) in [6, 6.07) is 5.35. The van der Waals surface area contributed by atoms with E-state index in [1.165, 1.54) is 18.2 Å². The Kier molecular flexibility index (Phi) is 2.60. The molecule has 0 aliphatic heterocycles. The van der Waals surface area contributed by atoms with Gasteiger partial charge in [0.2, 0.25) is 0 Å². The van der Waals surface area contributed by atoms with Gasteiger partial charge in [0.05, 0.1) is 15.0 Å². The van der Waals surface area contributed by atoms with Gasteiger partial charge in [-0.1, -0.05) is 6.07 Å². The Bertz CT molecular complexity index is 449. The van der Waals surface area contributed by atoms with Crippen LogP contribution in [-0.4, -0.2) is 4.37 Å². The van der Waals surface area contributed by atoms with Crippen molar-refractivity contribution in [2.45, 2.75) is 0 Å². The Morgan fingerprint density at radius 2 is 1.86 bits per heavy atom. The minimum Gasteiger partial charge on any atom is -0.206 e. The van der Waals surface area contributed by atoms with Crippen molar-refractivity contribution in [3.8, 4) is 11.3 Å². The summed E-state index contributed by atoms with van der Waals surface area (Å²) >= 11 is 4.34. The summed E-state index contributed by atoms with van der Waals surface area (Å²) in [6.07, 6.45) is 0. The minimum atomic E-state index is -0.595. The third kappa shape index (κ3) is 1.69. The molecule has 0 saturated carbocycles. The first-order valence-electron chi connectivity index (χ1n) is 3.75. The number of halogens is 3. The molecule has 0 fully saturated rings. The van der Waals surface area contributed by atoms with E-state index in [-0.39, 0.29) is 5.56 Å². The van der Waals surface area contributed by atoms with Crippen LogP contribution in [0.15, 0.2) is 28.1 Å². The van der Waals surface area contributed by atoms with E-state index in [1.54, 1.807) is 6.07 Å². The fourth-order valence-corrected chi connectivity index (χ4v) is 2.04. The number of hydrogen-bond acceptors (Lipinski definition) is 2. The summed E-state index contributed by atoms with van der Waals surface area (Å²) in [5.74, 6) is -1.19. The quantitative estimate of drug-likeness (QED) is 0.771. The summed E-state index contributed by atoms with van der Waals surface area (Å²) < 4.78 is 31.2. The third-order valence-electron chi connectivity index (χ3n) is 1.70. The molecule has 0 aliphatic rings. The zero-order valence-corrected chi connectivity index (χ0v) is 9.20. The van der Waals surface area contributed by atoms with Gasteiger partial charge in [0.1, 0.15) is 11.6 Å². The standard InChI is InChI=1S/C9H4BrF2NS/c10-8-4-7(13-14-8)9-5(11)2-1-3-6(9)12/h1-4H. The molecule has 0 atom stereocenters. The topological polar surface area (TPSA) is 12.9 Å². The Morgan fingerprint density at radius 3 is 2.36 bits per heavy atom. The van der Waals surface area contributed by atoms with Crippen molar-refractivity contribution >= 4 is 27.5 Å². The van der Waals surface area contributed by atoms with Crippen molar-refractivity contribution in [1.82, 2.24) is 4.37 Å². The fourth-order valence-electron chi connectivity index (χ4n) is 1.11. The number of rotatable bonds is 1. The van der Waals surface area contributed by atoms with E-state index in [0.717, 1.165) is 15.3 Å². The lowest BCUT2D eigenvalue weighted by atomic mass is 10.1. The molecule has 0 spiro atoms. The molecule has 1 heterocycles. The van der Waals surface area contributed by atoms with Crippen molar-refractivity contribution in [1.29, 1.82) is 0 Å². The molecule has 0 N–H and O–H groups in total. The first-order valence-corrected chi connectivity index (χ1v) is 5.32. The van der Waals surface area contributed by atoms with Crippen molar-refractivity contribution in [3.63, 3.8) is 0 Å². The highest BCUT2D eigenvalue weighted by molar-refractivity contribution is 9.11. The average Bonchev–Trinajstić information content (AvgIpc) is 2.51. The Morgan fingerprint density at radius 1 is 1.21 bits per heavy atom. The molecule has 1 aromatic heterocycles. The monoisotopic (exact) mass is 275 g/mol. The molecule has 5 heteroatoms. The summed E-state index contributed by atoms with van der Waals surface area (Å²) in [7, 11) is 0. The van der Waals surface area contributed by atoms with Gasteiger partial charge in [-0.2, -0.15) is 4.37 Å². The molecule has 14 heavy (non-hydrogen) atoms. The van der Waals surface area contributed by atoms with Gasteiger partial charge in [0.25, 0.3) is 0 Å². The van der Waals surface area contributed by atoms with Crippen LogP contribution in [0.25, 0.3) is 11.3 Å². The molecule has 0 saturated heterocycles. The van der Waals surface area contributed by atoms with Crippen LogP contribution in [0.4, 0.5) is 8.78 Å². The Hall–Kier alpha value is -0.810. The second-order valence-electron chi connectivity index (χ2n) is 2.61. The highest BCUT2D eigenvalue weighted by Crippen LogP contribution is 2.29. The van der Waals surface area contributed by atoms with E-state index in [4.69, 9.17) is 0 Å². The minimum absolute atomic E-state index is 0.0746. The van der Waals surface area contributed by atoms with E-state index >= 15 is 0 Å². The van der Waals surface area contributed by atoms with E-state index in [2.05, 4.69) is 20.3 Å². The average molecular weight is 276 g/mol. The van der Waals surface area contributed by atoms with E-state index < -0.39 is 11.6 Å². The number of nitrogens with zero attached hydrogens (tertiary/aromatic N) is 1. The fraction of sp³-hybridized carbons (Fsp3) is 0. The molecule has 0 unspecified atom stereocenters. The van der Waals surface area contributed by atoms with E-state index in [9.17, 15) is 8.78 Å². The predicted octanol–water partition coefficient (Wildman–Crippen LogP) is 3.85. The highest BCUT2D eigenvalue weighted by atomic mass is 79.9. The van der Waals surface area contributed by atoms with Crippen molar-refractivity contribution < 1.29 is 8.78 Å². The van der Waals surface area contributed by atoms with Crippen LogP contribution in [0.3, 0.4) is 0 Å². The maximum atomic E-state index is 13.3. The zero-order chi connectivity index (χ0) is 10.1. The van der Waals surface area contributed by atoms with Crippen molar-refractivity contribution in [3.05, 3.63) is 39.7 Å². The lowest BCUT2D eigenvalue weighted by Gasteiger charge is -1.99. The van der Waals surface area contributed by atoms with Gasteiger partial charge in [0, 0.05) is 0 Å². The molecule has 1 aromatic carbocycles. The summed E-state index contributed by atoms with van der Waals surface area (Å²) in [6.45, 7) is 0. The molecule has 0 bridgehead atoms. The molecule has 1 nitrogen and oxygen atoms in total. The van der Waals surface area contributed by atoms with E-state index in [1.807, 2.05) is 0 Å². The smallest absolute Gasteiger partial charge is 0.135 e. The molecular weight excluding hydrogens is 272 g/mol. The SMILES string of the molecule is Fc1cccc(F)c1-c1cc(Br)sn1. The number of aromatic nitrogens is 1. The van der Waals surface area contributed by atoms with Crippen LogP contribution in [0.5, 0.6) is 0 Å². The second kappa shape index (κ2) is 3.74. The molecule has 0 radical (unpaired) electrons. The van der Waals surface area contributed by atoms with Crippen LogP contribution in [-0.2, 0) is 0 Å². The summed E-state index contributed by atoms with van der Waals surface area (Å²) in [5, 5.41) is 0. The third-order valence-corrected chi connectivity index (χ3v) is 2.94. The molecule has 72 valence electrons. The van der Waals surface area contributed by atoms with Gasteiger partial charge in [-0.05, 0) is 45.7 Å². The first-order chi connectivity index (χ1) is 6.68. The van der Waals surface area contributed by atoms with Gasteiger partial charge in [0.15, 0.2) is 0 Å². The van der Waals surface area contributed by atoms with Gasteiger partial charge < -0.3 is 0 Å². The lowest BCUT2D eigenvalue weighted by Crippen LogP contribution is -1.88. The second-order valence-corrected chi connectivity index (χ2v) is 4.80. The maximum absolute atomic E-state index is 13.3. The molecular formula is C9H4BrF2NS. The van der Waals surface area contributed by atoms with Crippen LogP contribution in [0, 0.1) is 11.6 Å². The molecule has 2 rings (SSSR count). The van der Waals surface area contributed by atoms with Crippen LogP contribution < -0.4 is 0 Å². The van der Waals surface area contributed by atoms with Crippen molar-refractivity contribution in [2.24, 2.45) is 0 Å². The number of hydrogen-bond donors (Lipinski definition) is 0. The first kappa shape index (κ1) is 9.73. The molecule has 2 aromatic rings. The largest absolute Gasteiger partial charge is 0.206 e. The summed E-state index contributed by atoms with van der Waals surface area (Å²) in [5.41, 5.74) is 0.243. The normalized spacial score (nSPS) is 10.5. The number of benzene rings is 1. The van der Waals surface area contributed by atoms with Crippen LogP contribution >= 0.6 is 27.5 Å². The zero-order valence-electron chi connectivity index (χ0n) is 6.80. The van der Waals surface area contributed by atoms with Crippen LogP contribution in [0.2, 0.25) is 0 Å². The maximum Gasteiger partial charge on any atom is 0.135 e. The highest BCUT2D eigenvalue weighted by Gasteiger charge is 2.13. The van der Waals surface area contributed by atoms with Gasteiger partial charge in [-0.25, -0.2) is 8.78 Å². The van der Waals surface area contributed by atoms with Gasteiger partial charge >= 0.3 is 0 Å². The van der Waals surface area contributed by atoms with Crippen LogP contribution in [0.1, 0.15) is 0 Å². The molecule has 0 aliphatic carbocycles. The Balaban J connectivity index is 2.61. The predicted molar refractivity (Wildman–Crippen MR) is 55.2 cm³/mol. The lowest BCUT2D eigenvalue weighted by molar-refractivity contribution is 0.589.